The largest absolute Gasteiger partial charge is 0.318 e. The standard InChI is InChI=1S/C20H20N4O/c1-14-6-8-19(9-7-14)24-15(2)11-18(16(24)3)13-22-23-20(25)17-5-4-10-21-12-17/h4-13H,1-3H3,(H,23,25)/b22-13+. The van der Waals surface area contributed by atoms with Crippen LogP contribution in [0.25, 0.3) is 5.69 Å². The summed E-state index contributed by atoms with van der Waals surface area (Å²) in [4.78, 5) is 15.9. The lowest BCUT2D eigenvalue weighted by molar-refractivity contribution is 0.0955. The number of aryl methyl sites for hydroxylation is 2. The van der Waals surface area contributed by atoms with Gasteiger partial charge in [0.15, 0.2) is 0 Å². The molecule has 2 aromatic heterocycles. The average molecular weight is 332 g/mol. The molecule has 1 N–H and O–H groups in total. The number of nitrogens with zero attached hydrogens (tertiary/aromatic N) is 3. The van der Waals surface area contributed by atoms with Crippen molar-refractivity contribution in [2.24, 2.45) is 5.10 Å². The number of hydrogen-bond donors (Lipinski definition) is 1. The molecule has 0 aliphatic carbocycles. The highest BCUT2D eigenvalue weighted by Gasteiger charge is 2.09. The quantitative estimate of drug-likeness (QED) is 0.586. The predicted molar refractivity (Wildman–Crippen MR) is 99.3 cm³/mol. The van der Waals surface area contributed by atoms with E-state index in [2.05, 4.69) is 64.3 Å². The van der Waals surface area contributed by atoms with E-state index in [0.717, 1.165) is 22.6 Å². The maximum absolute atomic E-state index is 12.0. The number of pyridine rings is 1. The first-order valence-corrected chi connectivity index (χ1v) is 8.05. The lowest BCUT2D eigenvalue weighted by Crippen LogP contribution is -2.17. The molecule has 3 aromatic rings. The molecule has 0 atom stereocenters. The molecule has 0 saturated heterocycles. The van der Waals surface area contributed by atoms with Crippen LogP contribution < -0.4 is 5.43 Å². The fourth-order valence-corrected chi connectivity index (χ4v) is 2.73. The molecular weight excluding hydrogens is 312 g/mol. The van der Waals surface area contributed by atoms with Gasteiger partial charge in [-0.1, -0.05) is 17.7 Å². The molecule has 0 bridgehead atoms. The first-order chi connectivity index (χ1) is 12.1. The predicted octanol–water partition coefficient (Wildman–Crippen LogP) is 3.56. The first kappa shape index (κ1) is 16.6. The maximum atomic E-state index is 12.0. The second-order valence-corrected chi connectivity index (χ2v) is 5.94. The highest BCUT2D eigenvalue weighted by molar-refractivity contribution is 5.94. The summed E-state index contributed by atoms with van der Waals surface area (Å²) in [6.07, 6.45) is 4.80. The lowest BCUT2D eigenvalue weighted by Gasteiger charge is -2.09. The number of amides is 1. The molecular formula is C20H20N4O. The molecule has 1 amide bonds. The van der Waals surface area contributed by atoms with Crippen molar-refractivity contribution in [3.63, 3.8) is 0 Å². The third-order valence-corrected chi connectivity index (χ3v) is 4.06. The molecule has 0 aliphatic rings. The molecule has 126 valence electrons. The van der Waals surface area contributed by atoms with Gasteiger partial charge in [-0.05, 0) is 51.1 Å². The van der Waals surface area contributed by atoms with Crippen molar-refractivity contribution >= 4 is 12.1 Å². The molecule has 5 heteroatoms. The number of carbonyl (C=O) groups is 1. The summed E-state index contributed by atoms with van der Waals surface area (Å²) in [5.41, 5.74) is 8.49. The summed E-state index contributed by atoms with van der Waals surface area (Å²) in [6, 6.07) is 13.8. The SMILES string of the molecule is Cc1ccc(-n2c(C)cc(/C=N/NC(=O)c3cccnc3)c2C)cc1. The fourth-order valence-electron chi connectivity index (χ4n) is 2.73. The number of aromatic nitrogens is 2. The van der Waals surface area contributed by atoms with Gasteiger partial charge in [-0.2, -0.15) is 5.10 Å². The second kappa shape index (κ2) is 7.13. The Labute approximate surface area is 147 Å². The summed E-state index contributed by atoms with van der Waals surface area (Å²) in [5, 5.41) is 4.08. The van der Waals surface area contributed by atoms with E-state index in [1.807, 2.05) is 6.92 Å². The lowest BCUT2D eigenvalue weighted by atomic mass is 10.2. The van der Waals surface area contributed by atoms with Gasteiger partial charge in [0.1, 0.15) is 0 Å². The Bertz CT molecular complexity index is 909. The fraction of sp³-hybridized carbons (Fsp3) is 0.150. The van der Waals surface area contributed by atoms with Crippen molar-refractivity contribution in [3.8, 4) is 5.69 Å². The van der Waals surface area contributed by atoms with Crippen LogP contribution in [0.4, 0.5) is 0 Å². The number of hydrogen-bond acceptors (Lipinski definition) is 3. The van der Waals surface area contributed by atoms with E-state index in [1.54, 1.807) is 24.5 Å². The number of hydrazone groups is 1. The molecule has 3 rings (SSSR count). The number of carbonyl (C=O) groups excluding carboxylic acids is 1. The molecule has 5 nitrogen and oxygen atoms in total. The van der Waals surface area contributed by atoms with Gasteiger partial charge in [0.2, 0.25) is 0 Å². The van der Waals surface area contributed by atoms with Gasteiger partial charge >= 0.3 is 0 Å². The van der Waals surface area contributed by atoms with Gasteiger partial charge in [-0.3, -0.25) is 9.78 Å². The van der Waals surface area contributed by atoms with E-state index in [-0.39, 0.29) is 5.91 Å². The Kier molecular flexibility index (Phi) is 4.75. The summed E-state index contributed by atoms with van der Waals surface area (Å²) in [7, 11) is 0. The molecule has 0 fully saturated rings. The van der Waals surface area contributed by atoms with E-state index < -0.39 is 0 Å². The normalized spacial score (nSPS) is 11.0. The maximum Gasteiger partial charge on any atom is 0.272 e. The van der Waals surface area contributed by atoms with Crippen LogP contribution in [0, 0.1) is 20.8 Å². The zero-order valence-corrected chi connectivity index (χ0v) is 14.5. The topological polar surface area (TPSA) is 59.3 Å². The molecule has 0 radical (unpaired) electrons. The Morgan fingerprint density at radius 2 is 1.92 bits per heavy atom. The van der Waals surface area contributed by atoms with Crippen molar-refractivity contribution in [1.82, 2.24) is 15.0 Å². The minimum atomic E-state index is -0.281. The minimum Gasteiger partial charge on any atom is -0.318 e. The molecule has 2 heterocycles. The monoisotopic (exact) mass is 332 g/mol. The summed E-state index contributed by atoms with van der Waals surface area (Å²) in [5.74, 6) is -0.281. The van der Waals surface area contributed by atoms with E-state index in [1.165, 1.54) is 11.8 Å². The highest BCUT2D eigenvalue weighted by atomic mass is 16.2. The van der Waals surface area contributed by atoms with Crippen LogP contribution in [0.15, 0.2) is 60.0 Å². The van der Waals surface area contributed by atoms with Gasteiger partial charge in [0, 0.05) is 35.0 Å². The van der Waals surface area contributed by atoms with Gasteiger partial charge in [0.05, 0.1) is 11.8 Å². The Morgan fingerprint density at radius 1 is 1.16 bits per heavy atom. The van der Waals surface area contributed by atoms with Crippen LogP contribution >= 0.6 is 0 Å². The summed E-state index contributed by atoms with van der Waals surface area (Å²) in [6.45, 7) is 6.16. The summed E-state index contributed by atoms with van der Waals surface area (Å²) < 4.78 is 2.17. The van der Waals surface area contributed by atoms with Crippen molar-refractivity contribution in [1.29, 1.82) is 0 Å². The van der Waals surface area contributed by atoms with Crippen molar-refractivity contribution < 1.29 is 4.79 Å². The Hall–Kier alpha value is -3.21. The van der Waals surface area contributed by atoms with Crippen molar-refractivity contribution in [3.05, 3.63) is 82.9 Å². The van der Waals surface area contributed by atoms with Gasteiger partial charge in [-0.25, -0.2) is 5.43 Å². The van der Waals surface area contributed by atoms with Crippen LogP contribution in [0.5, 0.6) is 0 Å². The number of nitrogens with one attached hydrogen (secondary N) is 1. The van der Waals surface area contributed by atoms with Crippen molar-refractivity contribution in [2.45, 2.75) is 20.8 Å². The number of benzene rings is 1. The van der Waals surface area contributed by atoms with Gasteiger partial charge < -0.3 is 4.57 Å². The van der Waals surface area contributed by atoms with Crippen LogP contribution in [-0.2, 0) is 0 Å². The third kappa shape index (κ3) is 3.66. The third-order valence-electron chi connectivity index (χ3n) is 4.06. The highest BCUT2D eigenvalue weighted by Crippen LogP contribution is 2.20. The van der Waals surface area contributed by atoms with Crippen LogP contribution in [0.2, 0.25) is 0 Å². The van der Waals surface area contributed by atoms with Crippen molar-refractivity contribution in [2.75, 3.05) is 0 Å². The second-order valence-electron chi connectivity index (χ2n) is 5.94. The molecule has 0 aliphatic heterocycles. The van der Waals surface area contributed by atoms with Gasteiger partial charge in [-0.15, -0.1) is 0 Å². The average Bonchev–Trinajstić information content (AvgIpc) is 2.90. The smallest absolute Gasteiger partial charge is 0.272 e. The summed E-state index contributed by atoms with van der Waals surface area (Å²) >= 11 is 0. The van der Waals surface area contributed by atoms with E-state index in [4.69, 9.17) is 0 Å². The molecule has 25 heavy (non-hydrogen) atoms. The van der Waals surface area contributed by atoms with E-state index in [9.17, 15) is 4.79 Å². The Morgan fingerprint density at radius 3 is 2.60 bits per heavy atom. The molecule has 1 aromatic carbocycles. The first-order valence-electron chi connectivity index (χ1n) is 8.05. The minimum absolute atomic E-state index is 0.281. The molecule has 0 spiro atoms. The van der Waals surface area contributed by atoms with E-state index >= 15 is 0 Å². The van der Waals surface area contributed by atoms with Crippen LogP contribution in [0.1, 0.15) is 32.9 Å². The zero-order chi connectivity index (χ0) is 17.8. The van der Waals surface area contributed by atoms with Crippen LogP contribution in [0.3, 0.4) is 0 Å². The number of rotatable bonds is 4. The molecule has 0 saturated carbocycles. The molecule has 0 unspecified atom stereocenters. The zero-order valence-electron chi connectivity index (χ0n) is 14.5. The van der Waals surface area contributed by atoms with E-state index in [0.29, 0.717) is 5.56 Å². The van der Waals surface area contributed by atoms with Gasteiger partial charge in [0.25, 0.3) is 5.91 Å². The van der Waals surface area contributed by atoms with Crippen LogP contribution in [-0.4, -0.2) is 21.7 Å². The Balaban J connectivity index is 1.79.